The Morgan fingerprint density at radius 2 is 1.66 bits per heavy atom. The van der Waals surface area contributed by atoms with Crippen LogP contribution in [0.5, 0.6) is 0 Å². The first-order valence-corrected chi connectivity index (χ1v) is 11.3. The number of hydrogen-bond donors (Lipinski definition) is 6. The number of rotatable bonds is 8. The highest BCUT2D eigenvalue weighted by Crippen LogP contribution is 2.32. The third-order valence-corrected chi connectivity index (χ3v) is 6.56. The van der Waals surface area contributed by atoms with E-state index in [4.69, 9.17) is 14.2 Å². The lowest BCUT2D eigenvalue weighted by molar-refractivity contribution is -0.270. The van der Waals surface area contributed by atoms with Gasteiger partial charge < -0.3 is 45.1 Å². The number of aliphatic hydroxyl groups excluding tert-OH is 5. The molecule has 2 amide bonds. The summed E-state index contributed by atoms with van der Waals surface area (Å²) in [6.07, 6.45) is -7.55. The van der Waals surface area contributed by atoms with Crippen molar-refractivity contribution in [2.24, 2.45) is 0 Å². The standard InChI is InChI=1S/C23H30N2O10/c1-2-7-33-23-16(25-21(31)11-5-3-4-6-12(11)22(25)32)20(30)18(28)14(35-23)8-24-13-10-34-15(9-26)19(29)17(13)27/h2-6,13-20,23-24,26-30H,1,7-10H2/t13-,14+,15+,16+,17+,18+,19+,20+,23+/m0/s1. The predicted molar refractivity (Wildman–Crippen MR) is 118 cm³/mol. The largest absolute Gasteiger partial charge is 0.394 e. The van der Waals surface area contributed by atoms with E-state index in [1.807, 2.05) is 0 Å². The van der Waals surface area contributed by atoms with Crippen LogP contribution in [0.2, 0.25) is 0 Å². The lowest BCUT2D eigenvalue weighted by Gasteiger charge is -2.45. The van der Waals surface area contributed by atoms with Crippen LogP contribution in [0.3, 0.4) is 0 Å². The number of carbonyl (C=O) groups excluding carboxylic acids is 2. The Hall–Kier alpha value is -2.26. The molecule has 0 bridgehead atoms. The number of amides is 2. The van der Waals surface area contributed by atoms with E-state index in [1.54, 1.807) is 12.1 Å². The molecule has 12 nitrogen and oxygen atoms in total. The zero-order valence-electron chi connectivity index (χ0n) is 18.8. The number of imide groups is 1. The van der Waals surface area contributed by atoms with E-state index in [1.165, 1.54) is 18.2 Å². The van der Waals surface area contributed by atoms with E-state index >= 15 is 0 Å². The van der Waals surface area contributed by atoms with Crippen molar-refractivity contribution in [3.8, 4) is 0 Å². The van der Waals surface area contributed by atoms with E-state index in [-0.39, 0.29) is 30.9 Å². The van der Waals surface area contributed by atoms with Crippen LogP contribution in [-0.2, 0) is 14.2 Å². The van der Waals surface area contributed by atoms with Crippen LogP contribution in [0.25, 0.3) is 0 Å². The maximum Gasteiger partial charge on any atom is 0.262 e. The normalized spacial score (nSPS) is 37.4. The number of nitrogens with zero attached hydrogens (tertiary/aromatic N) is 1. The van der Waals surface area contributed by atoms with Gasteiger partial charge in [-0.1, -0.05) is 18.2 Å². The molecule has 2 saturated heterocycles. The molecule has 2 fully saturated rings. The van der Waals surface area contributed by atoms with Crippen molar-refractivity contribution >= 4 is 11.8 Å². The van der Waals surface area contributed by atoms with Gasteiger partial charge in [-0.15, -0.1) is 6.58 Å². The Balaban J connectivity index is 1.49. The van der Waals surface area contributed by atoms with Crippen LogP contribution in [0, 0.1) is 0 Å². The van der Waals surface area contributed by atoms with Gasteiger partial charge in [0.05, 0.1) is 37.0 Å². The average Bonchev–Trinajstić information content (AvgIpc) is 3.11. The summed E-state index contributed by atoms with van der Waals surface area (Å²) in [4.78, 5) is 26.8. The highest BCUT2D eigenvalue weighted by molar-refractivity contribution is 6.21. The molecule has 3 aliphatic heterocycles. The molecule has 3 aliphatic rings. The van der Waals surface area contributed by atoms with Crippen LogP contribution in [0.4, 0.5) is 0 Å². The molecule has 9 atom stereocenters. The third-order valence-electron chi connectivity index (χ3n) is 6.56. The van der Waals surface area contributed by atoms with Crippen LogP contribution in [0.1, 0.15) is 20.7 Å². The van der Waals surface area contributed by atoms with Gasteiger partial charge >= 0.3 is 0 Å². The van der Waals surface area contributed by atoms with E-state index < -0.39 is 73.4 Å². The van der Waals surface area contributed by atoms with Crippen molar-refractivity contribution in [2.45, 2.75) is 55.0 Å². The van der Waals surface area contributed by atoms with Gasteiger partial charge in [0.2, 0.25) is 0 Å². The minimum atomic E-state index is -1.61. The SMILES string of the molecule is C=CCO[C@@H]1O[C@H](CN[C@H]2CO[C@H](CO)[C@@H](O)[C@@H]2O)[C@@H](O)[C@H](O)[C@H]1N1C(=O)c2ccccc2C1=O. The second-order valence-electron chi connectivity index (χ2n) is 8.71. The molecule has 6 N–H and O–H groups in total. The minimum Gasteiger partial charge on any atom is -0.394 e. The summed E-state index contributed by atoms with van der Waals surface area (Å²) in [6, 6.07) is 4.16. The zero-order valence-corrected chi connectivity index (χ0v) is 18.8. The van der Waals surface area contributed by atoms with Crippen LogP contribution in [-0.4, -0.2) is 124 Å². The molecule has 0 aromatic heterocycles. The zero-order chi connectivity index (χ0) is 25.3. The molecule has 1 aromatic carbocycles. The van der Waals surface area contributed by atoms with Gasteiger partial charge in [0.25, 0.3) is 11.8 Å². The third kappa shape index (κ3) is 4.77. The molecule has 35 heavy (non-hydrogen) atoms. The summed E-state index contributed by atoms with van der Waals surface area (Å²) in [5.41, 5.74) is 0.355. The number of carbonyl (C=O) groups is 2. The van der Waals surface area contributed by atoms with E-state index in [9.17, 15) is 35.1 Å². The van der Waals surface area contributed by atoms with Crippen LogP contribution in [0.15, 0.2) is 36.9 Å². The molecular formula is C23H30N2O10. The Kier molecular flexibility index (Phi) is 7.96. The molecule has 3 heterocycles. The number of hydrogen-bond acceptors (Lipinski definition) is 11. The molecule has 0 unspecified atom stereocenters. The second kappa shape index (κ2) is 10.8. The van der Waals surface area contributed by atoms with Crippen molar-refractivity contribution in [2.75, 3.05) is 26.4 Å². The van der Waals surface area contributed by atoms with Gasteiger partial charge in [-0.3, -0.25) is 14.5 Å². The highest BCUT2D eigenvalue weighted by atomic mass is 16.7. The van der Waals surface area contributed by atoms with Crippen molar-refractivity contribution < 1.29 is 49.3 Å². The Labute approximate surface area is 201 Å². The topological polar surface area (TPSA) is 178 Å². The van der Waals surface area contributed by atoms with Crippen LogP contribution >= 0.6 is 0 Å². The quantitative estimate of drug-likeness (QED) is 0.165. The van der Waals surface area contributed by atoms with Crippen LogP contribution < -0.4 is 5.32 Å². The minimum absolute atomic E-state index is 0.0166. The summed E-state index contributed by atoms with van der Waals surface area (Å²) in [6.45, 7) is 2.98. The Bertz CT molecular complexity index is 910. The maximum absolute atomic E-state index is 13.0. The molecule has 1 aromatic rings. The summed E-state index contributed by atoms with van der Waals surface area (Å²) >= 11 is 0. The second-order valence-corrected chi connectivity index (χ2v) is 8.71. The van der Waals surface area contributed by atoms with Crippen molar-refractivity contribution in [1.29, 1.82) is 0 Å². The van der Waals surface area contributed by atoms with Crippen molar-refractivity contribution in [3.63, 3.8) is 0 Å². The fraction of sp³-hybridized carbons (Fsp3) is 0.565. The number of aliphatic hydroxyl groups is 5. The Morgan fingerprint density at radius 3 is 2.26 bits per heavy atom. The van der Waals surface area contributed by atoms with Gasteiger partial charge in [-0.05, 0) is 12.1 Å². The summed E-state index contributed by atoms with van der Waals surface area (Å²) in [7, 11) is 0. The molecule has 192 valence electrons. The lowest BCUT2D eigenvalue weighted by atomic mass is 9.94. The Morgan fingerprint density at radius 1 is 1.03 bits per heavy atom. The van der Waals surface area contributed by atoms with Gasteiger partial charge in [-0.2, -0.15) is 0 Å². The molecule has 12 heteroatoms. The highest BCUT2D eigenvalue weighted by Gasteiger charge is 2.53. The van der Waals surface area contributed by atoms with E-state index in [0.29, 0.717) is 0 Å². The smallest absolute Gasteiger partial charge is 0.262 e. The molecule has 0 spiro atoms. The molecule has 0 saturated carbocycles. The number of ether oxygens (including phenoxy) is 3. The fourth-order valence-corrected chi connectivity index (χ4v) is 4.63. The monoisotopic (exact) mass is 494 g/mol. The van der Waals surface area contributed by atoms with Crippen molar-refractivity contribution in [3.05, 3.63) is 48.0 Å². The van der Waals surface area contributed by atoms with E-state index in [2.05, 4.69) is 11.9 Å². The summed E-state index contributed by atoms with van der Waals surface area (Å²) in [5, 5.41) is 54.3. The number of fused-ring (bicyclic) bond motifs is 1. The predicted octanol–water partition coefficient (Wildman–Crippen LogP) is -2.63. The molecule has 0 radical (unpaired) electrons. The van der Waals surface area contributed by atoms with Gasteiger partial charge in [0.1, 0.15) is 42.7 Å². The lowest BCUT2D eigenvalue weighted by Crippen LogP contribution is -2.67. The summed E-state index contributed by atoms with van der Waals surface area (Å²) < 4.78 is 16.8. The average molecular weight is 494 g/mol. The molecule has 4 rings (SSSR count). The maximum atomic E-state index is 13.0. The van der Waals surface area contributed by atoms with Gasteiger partial charge in [0, 0.05) is 6.54 Å². The van der Waals surface area contributed by atoms with E-state index in [0.717, 1.165) is 4.90 Å². The first-order valence-electron chi connectivity index (χ1n) is 11.3. The van der Waals surface area contributed by atoms with Crippen molar-refractivity contribution in [1.82, 2.24) is 10.2 Å². The first-order chi connectivity index (χ1) is 16.8. The number of nitrogens with one attached hydrogen (secondary N) is 1. The summed E-state index contributed by atoms with van der Waals surface area (Å²) in [5.74, 6) is -1.27. The fourth-order valence-electron chi connectivity index (χ4n) is 4.63. The van der Waals surface area contributed by atoms with Gasteiger partial charge in [0.15, 0.2) is 6.29 Å². The number of benzene rings is 1. The first kappa shape index (κ1) is 25.8. The molecule has 0 aliphatic carbocycles. The molecular weight excluding hydrogens is 464 g/mol. The van der Waals surface area contributed by atoms with Gasteiger partial charge in [-0.25, -0.2) is 0 Å².